The first kappa shape index (κ1) is 15.0. The molecule has 1 atom stereocenters. The SMILES string of the molecule is Cc1c(N2CCCC(O)C2)nn2c(C(F)(F)F)nnc2c1C. The predicted molar refractivity (Wildman–Crippen MR) is 72.7 cm³/mol. The number of nitrogens with zero attached hydrogens (tertiary/aromatic N) is 5. The van der Waals surface area contributed by atoms with E-state index >= 15 is 0 Å². The van der Waals surface area contributed by atoms with Crippen molar-refractivity contribution in [3.63, 3.8) is 0 Å². The van der Waals surface area contributed by atoms with Crippen LogP contribution < -0.4 is 4.90 Å². The molecule has 0 radical (unpaired) electrons. The quantitative estimate of drug-likeness (QED) is 0.868. The molecule has 0 saturated carbocycles. The first-order valence-corrected chi connectivity index (χ1v) is 7.02. The lowest BCUT2D eigenvalue weighted by Gasteiger charge is -2.32. The van der Waals surface area contributed by atoms with Crippen molar-refractivity contribution in [1.82, 2.24) is 19.8 Å². The Hall–Kier alpha value is -1.90. The Morgan fingerprint density at radius 2 is 1.91 bits per heavy atom. The summed E-state index contributed by atoms with van der Waals surface area (Å²) in [5, 5.41) is 20.7. The number of rotatable bonds is 1. The molecule has 120 valence electrons. The fourth-order valence-corrected chi connectivity index (χ4v) is 2.74. The van der Waals surface area contributed by atoms with E-state index in [-0.39, 0.29) is 5.65 Å². The van der Waals surface area contributed by atoms with E-state index in [9.17, 15) is 18.3 Å². The number of hydrogen-bond acceptors (Lipinski definition) is 5. The third-order valence-electron chi connectivity index (χ3n) is 4.02. The number of halogens is 3. The molecule has 1 saturated heterocycles. The van der Waals surface area contributed by atoms with Crippen molar-refractivity contribution >= 4 is 11.5 Å². The third kappa shape index (κ3) is 2.39. The van der Waals surface area contributed by atoms with Crippen LogP contribution in [0.4, 0.5) is 19.0 Å². The fraction of sp³-hybridized carbons (Fsp3) is 0.615. The molecule has 0 aliphatic carbocycles. The molecule has 0 aromatic carbocycles. The van der Waals surface area contributed by atoms with Crippen LogP contribution in [0.1, 0.15) is 29.8 Å². The lowest BCUT2D eigenvalue weighted by molar-refractivity contribution is -0.146. The molecule has 22 heavy (non-hydrogen) atoms. The highest BCUT2D eigenvalue weighted by Crippen LogP contribution is 2.31. The summed E-state index contributed by atoms with van der Waals surface area (Å²) < 4.78 is 39.8. The maximum Gasteiger partial charge on any atom is 0.453 e. The number of aromatic nitrogens is 4. The van der Waals surface area contributed by atoms with Crippen LogP contribution in [-0.2, 0) is 6.18 Å². The molecule has 2 aromatic heterocycles. The van der Waals surface area contributed by atoms with Crippen LogP contribution in [0, 0.1) is 13.8 Å². The molecular weight excluding hydrogens is 299 g/mol. The average molecular weight is 315 g/mol. The summed E-state index contributed by atoms with van der Waals surface area (Å²) in [4.78, 5) is 1.82. The molecule has 9 heteroatoms. The molecule has 3 rings (SSSR count). The number of aliphatic hydroxyl groups excluding tert-OH is 1. The predicted octanol–water partition coefficient (Wildman–Crippen LogP) is 1.72. The van der Waals surface area contributed by atoms with Crippen molar-refractivity contribution in [2.75, 3.05) is 18.0 Å². The lowest BCUT2D eigenvalue weighted by atomic mass is 10.1. The van der Waals surface area contributed by atoms with Crippen LogP contribution in [0.3, 0.4) is 0 Å². The van der Waals surface area contributed by atoms with E-state index < -0.39 is 18.1 Å². The highest BCUT2D eigenvalue weighted by atomic mass is 19.4. The van der Waals surface area contributed by atoms with Gasteiger partial charge in [-0.1, -0.05) is 0 Å². The summed E-state index contributed by atoms with van der Waals surface area (Å²) >= 11 is 0. The smallest absolute Gasteiger partial charge is 0.391 e. The summed E-state index contributed by atoms with van der Waals surface area (Å²) in [5.41, 5.74) is 1.46. The van der Waals surface area contributed by atoms with E-state index in [0.717, 1.165) is 16.5 Å². The molecule has 1 fully saturated rings. The average Bonchev–Trinajstić information content (AvgIpc) is 2.86. The number of fused-ring (bicyclic) bond motifs is 1. The van der Waals surface area contributed by atoms with E-state index in [1.54, 1.807) is 13.8 Å². The lowest BCUT2D eigenvalue weighted by Crippen LogP contribution is -2.39. The van der Waals surface area contributed by atoms with Crippen LogP contribution in [-0.4, -0.2) is 44.1 Å². The Morgan fingerprint density at radius 1 is 1.18 bits per heavy atom. The van der Waals surface area contributed by atoms with Gasteiger partial charge in [-0.25, -0.2) is 0 Å². The number of aliphatic hydroxyl groups is 1. The topological polar surface area (TPSA) is 66.5 Å². The second kappa shape index (κ2) is 5.08. The number of piperidine rings is 1. The van der Waals surface area contributed by atoms with E-state index in [1.165, 1.54) is 0 Å². The summed E-state index contributed by atoms with van der Waals surface area (Å²) in [6.45, 7) is 4.51. The van der Waals surface area contributed by atoms with E-state index in [2.05, 4.69) is 15.3 Å². The summed E-state index contributed by atoms with van der Waals surface area (Å²) in [7, 11) is 0. The minimum Gasteiger partial charge on any atom is -0.391 e. The summed E-state index contributed by atoms with van der Waals surface area (Å²) in [6.07, 6.45) is -3.65. The Balaban J connectivity index is 2.16. The Labute approximate surface area is 124 Å². The van der Waals surface area contributed by atoms with Gasteiger partial charge in [0.2, 0.25) is 0 Å². The van der Waals surface area contributed by atoms with Gasteiger partial charge >= 0.3 is 6.18 Å². The van der Waals surface area contributed by atoms with Crippen LogP contribution in [0.5, 0.6) is 0 Å². The minimum atomic E-state index is -4.62. The zero-order valence-electron chi connectivity index (χ0n) is 12.2. The molecule has 0 spiro atoms. The van der Waals surface area contributed by atoms with E-state index in [1.807, 2.05) is 4.90 Å². The van der Waals surface area contributed by atoms with Crippen molar-refractivity contribution in [1.29, 1.82) is 0 Å². The highest BCUT2D eigenvalue weighted by molar-refractivity contribution is 5.59. The molecule has 1 aliphatic heterocycles. The van der Waals surface area contributed by atoms with Gasteiger partial charge in [-0.2, -0.15) is 17.7 Å². The van der Waals surface area contributed by atoms with Crippen LogP contribution in [0.2, 0.25) is 0 Å². The van der Waals surface area contributed by atoms with Crippen LogP contribution >= 0.6 is 0 Å². The summed E-state index contributed by atoms with van der Waals surface area (Å²) in [6, 6.07) is 0. The Kier molecular flexibility index (Phi) is 3.47. The number of β-amino-alcohol motifs (C(OH)–C–C–N with tert-alkyl or cyclic N) is 1. The summed E-state index contributed by atoms with van der Waals surface area (Å²) in [5.74, 6) is -0.696. The van der Waals surface area contributed by atoms with Gasteiger partial charge in [-0.15, -0.1) is 15.3 Å². The second-order valence-corrected chi connectivity index (χ2v) is 5.57. The maximum atomic E-state index is 13.0. The first-order valence-electron chi connectivity index (χ1n) is 7.02. The molecular formula is C13H16F3N5O. The van der Waals surface area contributed by atoms with Crippen LogP contribution in [0.15, 0.2) is 0 Å². The normalized spacial score (nSPS) is 19.9. The number of hydrogen-bond donors (Lipinski definition) is 1. The van der Waals surface area contributed by atoms with E-state index in [4.69, 9.17) is 0 Å². The largest absolute Gasteiger partial charge is 0.453 e. The molecule has 1 unspecified atom stereocenters. The zero-order chi connectivity index (χ0) is 16.1. The Bertz CT molecular complexity index is 712. The second-order valence-electron chi connectivity index (χ2n) is 5.57. The maximum absolute atomic E-state index is 13.0. The number of aryl methyl sites for hydroxylation is 1. The van der Waals surface area contributed by atoms with Gasteiger partial charge in [-0.3, -0.25) is 0 Å². The monoisotopic (exact) mass is 315 g/mol. The van der Waals surface area contributed by atoms with Crippen molar-refractivity contribution in [2.24, 2.45) is 0 Å². The van der Waals surface area contributed by atoms with Gasteiger partial charge in [0.1, 0.15) is 0 Å². The zero-order valence-corrected chi connectivity index (χ0v) is 12.2. The van der Waals surface area contributed by atoms with Gasteiger partial charge < -0.3 is 10.0 Å². The van der Waals surface area contributed by atoms with Crippen molar-refractivity contribution in [2.45, 2.75) is 39.0 Å². The van der Waals surface area contributed by atoms with Gasteiger partial charge in [0.25, 0.3) is 5.82 Å². The molecule has 0 amide bonds. The molecule has 2 aromatic rings. The molecule has 6 nitrogen and oxygen atoms in total. The van der Waals surface area contributed by atoms with Crippen molar-refractivity contribution in [3.05, 3.63) is 17.0 Å². The Morgan fingerprint density at radius 3 is 2.55 bits per heavy atom. The number of anilines is 1. The van der Waals surface area contributed by atoms with Crippen molar-refractivity contribution < 1.29 is 18.3 Å². The van der Waals surface area contributed by atoms with Gasteiger partial charge in [-0.05, 0) is 26.7 Å². The van der Waals surface area contributed by atoms with Crippen molar-refractivity contribution in [3.8, 4) is 0 Å². The molecule has 3 heterocycles. The molecule has 1 aliphatic rings. The standard InChI is InChI=1S/C13H16F3N5O/c1-7-8(2)11(20-5-3-4-9(22)6-20)19-21-10(7)17-18-12(21)13(14,15)16/h9,22H,3-6H2,1-2H3. The first-order chi connectivity index (χ1) is 10.3. The minimum absolute atomic E-state index is 0.103. The molecule has 1 N–H and O–H groups in total. The van der Waals surface area contributed by atoms with Gasteiger partial charge in [0, 0.05) is 24.2 Å². The van der Waals surface area contributed by atoms with E-state index in [0.29, 0.717) is 30.9 Å². The fourth-order valence-electron chi connectivity index (χ4n) is 2.74. The van der Waals surface area contributed by atoms with Gasteiger partial charge in [0.05, 0.1) is 6.10 Å². The number of alkyl halides is 3. The molecule has 0 bridgehead atoms. The highest BCUT2D eigenvalue weighted by Gasteiger charge is 2.38. The van der Waals surface area contributed by atoms with Crippen LogP contribution in [0.25, 0.3) is 5.65 Å². The third-order valence-corrected chi connectivity index (χ3v) is 4.02. The van der Waals surface area contributed by atoms with Gasteiger partial charge in [0.15, 0.2) is 11.5 Å².